The third-order valence-corrected chi connectivity index (χ3v) is 6.46. The van der Waals surface area contributed by atoms with Gasteiger partial charge in [0.05, 0.1) is 5.92 Å². The van der Waals surface area contributed by atoms with Crippen molar-refractivity contribution in [2.24, 2.45) is 17.6 Å². The van der Waals surface area contributed by atoms with E-state index in [4.69, 9.17) is 5.73 Å². The number of nitrogens with one attached hydrogen (secondary N) is 1. The van der Waals surface area contributed by atoms with Crippen molar-refractivity contribution in [2.45, 2.75) is 64.0 Å². The molecule has 3 rings (SSSR count). The van der Waals surface area contributed by atoms with E-state index in [0.29, 0.717) is 31.5 Å². The van der Waals surface area contributed by atoms with Crippen molar-refractivity contribution in [3.8, 4) is 0 Å². The summed E-state index contributed by atoms with van der Waals surface area (Å²) >= 11 is 0. The van der Waals surface area contributed by atoms with Gasteiger partial charge in [-0.2, -0.15) is 0 Å². The standard InChI is InChI=1S/C19H34N4O2.2ClH/c1-2-22-9-5-7-16(22)13-23-12-15(10-18(23)24)19(25)21-17-8-4-3-6-14(17)11-20;;/h14-17H,2-13,20H2,1H3,(H,21,25);2*1H. The van der Waals surface area contributed by atoms with Crippen LogP contribution in [0.1, 0.15) is 51.9 Å². The van der Waals surface area contributed by atoms with Gasteiger partial charge < -0.3 is 16.0 Å². The van der Waals surface area contributed by atoms with Crippen molar-refractivity contribution < 1.29 is 9.59 Å². The molecule has 1 saturated carbocycles. The van der Waals surface area contributed by atoms with Crippen molar-refractivity contribution >= 4 is 36.6 Å². The van der Waals surface area contributed by atoms with E-state index in [1.165, 1.54) is 12.8 Å². The van der Waals surface area contributed by atoms with E-state index in [9.17, 15) is 9.59 Å². The molecule has 4 unspecified atom stereocenters. The molecular formula is C19H36Cl2N4O2. The fraction of sp³-hybridized carbons (Fsp3) is 0.895. The maximum absolute atomic E-state index is 12.7. The molecule has 2 amide bonds. The summed E-state index contributed by atoms with van der Waals surface area (Å²) in [6.45, 7) is 6.35. The van der Waals surface area contributed by atoms with Gasteiger partial charge in [0.15, 0.2) is 0 Å². The molecule has 2 heterocycles. The van der Waals surface area contributed by atoms with E-state index in [-0.39, 0.29) is 48.6 Å². The number of nitrogens with zero attached hydrogens (tertiary/aromatic N) is 2. The summed E-state index contributed by atoms with van der Waals surface area (Å²) < 4.78 is 0. The van der Waals surface area contributed by atoms with Crippen LogP contribution in [-0.4, -0.2) is 66.4 Å². The van der Waals surface area contributed by atoms with Gasteiger partial charge in [-0.25, -0.2) is 0 Å². The largest absolute Gasteiger partial charge is 0.353 e. The molecule has 1 aliphatic carbocycles. The van der Waals surface area contributed by atoms with E-state index in [1.807, 2.05) is 4.90 Å². The molecule has 0 bridgehead atoms. The van der Waals surface area contributed by atoms with Crippen molar-refractivity contribution in [2.75, 3.05) is 32.7 Å². The van der Waals surface area contributed by atoms with Crippen LogP contribution < -0.4 is 11.1 Å². The number of likely N-dealkylation sites (N-methyl/N-ethyl adjacent to an activating group) is 1. The Hall–Kier alpha value is -0.560. The van der Waals surface area contributed by atoms with E-state index >= 15 is 0 Å². The average molecular weight is 423 g/mol. The fourth-order valence-corrected chi connectivity index (χ4v) is 4.88. The first-order chi connectivity index (χ1) is 12.1. The highest BCUT2D eigenvalue weighted by molar-refractivity contribution is 5.89. The minimum Gasteiger partial charge on any atom is -0.353 e. The van der Waals surface area contributed by atoms with E-state index in [0.717, 1.165) is 45.3 Å². The number of carbonyl (C=O) groups excluding carboxylic acids is 2. The third kappa shape index (κ3) is 5.96. The van der Waals surface area contributed by atoms with Crippen LogP contribution >= 0.6 is 24.8 Å². The van der Waals surface area contributed by atoms with Crippen LogP contribution in [0.15, 0.2) is 0 Å². The first kappa shape index (κ1) is 24.5. The van der Waals surface area contributed by atoms with Crippen LogP contribution in [0, 0.1) is 11.8 Å². The number of rotatable bonds is 6. The van der Waals surface area contributed by atoms with Crippen molar-refractivity contribution in [1.82, 2.24) is 15.1 Å². The smallest absolute Gasteiger partial charge is 0.225 e. The average Bonchev–Trinajstić information content (AvgIpc) is 3.22. The molecule has 4 atom stereocenters. The lowest BCUT2D eigenvalue weighted by molar-refractivity contribution is -0.129. The van der Waals surface area contributed by atoms with Gasteiger partial charge in [0.25, 0.3) is 0 Å². The molecule has 0 aromatic rings. The number of hydrogen-bond acceptors (Lipinski definition) is 4. The van der Waals surface area contributed by atoms with E-state index in [2.05, 4.69) is 17.1 Å². The molecular weight excluding hydrogens is 387 g/mol. The third-order valence-electron chi connectivity index (χ3n) is 6.46. The zero-order valence-electron chi connectivity index (χ0n) is 16.4. The van der Waals surface area contributed by atoms with Crippen molar-refractivity contribution in [3.05, 3.63) is 0 Å². The SMILES string of the molecule is CCN1CCCC1CN1CC(C(=O)NC2CCCCC2CN)CC1=O.Cl.Cl. The molecule has 0 aromatic carbocycles. The van der Waals surface area contributed by atoms with Gasteiger partial charge in [-0.05, 0) is 51.2 Å². The molecule has 0 radical (unpaired) electrons. The van der Waals surface area contributed by atoms with Gasteiger partial charge in [-0.1, -0.05) is 19.8 Å². The predicted octanol–water partition coefficient (Wildman–Crippen LogP) is 1.80. The highest BCUT2D eigenvalue weighted by Gasteiger charge is 2.38. The Morgan fingerprint density at radius 1 is 1.19 bits per heavy atom. The second-order valence-corrected chi connectivity index (χ2v) is 8.02. The fourth-order valence-electron chi connectivity index (χ4n) is 4.88. The lowest BCUT2D eigenvalue weighted by Crippen LogP contribution is -2.47. The Bertz CT molecular complexity index is 494. The first-order valence-electron chi connectivity index (χ1n) is 10.1. The van der Waals surface area contributed by atoms with Crippen molar-refractivity contribution in [3.63, 3.8) is 0 Å². The molecule has 2 saturated heterocycles. The Kier molecular flexibility index (Phi) is 10.4. The second-order valence-electron chi connectivity index (χ2n) is 8.02. The van der Waals surface area contributed by atoms with E-state index in [1.54, 1.807) is 0 Å². The monoisotopic (exact) mass is 422 g/mol. The molecule has 2 aliphatic heterocycles. The summed E-state index contributed by atoms with van der Waals surface area (Å²) in [4.78, 5) is 29.4. The summed E-state index contributed by atoms with van der Waals surface area (Å²) in [6, 6.07) is 0.663. The van der Waals surface area contributed by atoms with Gasteiger partial charge in [-0.3, -0.25) is 14.5 Å². The first-order valence-corrected chi connectivity index (χ1v) is 10.1. The van der Waals surface area contributed by atoms with Crippen LogP contribution in [0.25, 0.3) is 0 Å². The second kappa shape index (κ2) is 11.4. The Morgan fingerprint density at radius 2 is 1.93 bits per heavy atom. The molecule has 6 nitrogen and oxygen atoms in total. The van der Waals surface area contributed by atoms with E-state index < -0.39 is 0 Å². The Labute approximate surface area is 175 Å². The van der Waals surface area contributed by atoms with Crippen LogP contribution in [0.5, 0.6) is 0 Å². The highest BCUT2D eigenvalue weighted by Crippen LogP contribution is 2.26. The van der Waals surface area contributed by atoms with Gasteiger partial charge in [0.1, 0.15) is 0 Å². The summed E-state index contributed by atoms with van der Waals surface area (Å²) in [5.74, 6) is 0.397. The summed E-state index contributed by atoms with van der Waals surface area (Å²) in [5, 5.41) is 3.21. The zero-order valence-corrected chi connectivity index (χ0v) is 18.0. The lowest BCUT2D eigenvalue weighted by Gasteiger charge is -2.32. The lowest BCUT2D eigenvalue weighted by atomic mass is 9.84. The maximum atomic E-state index is 12.7. The Balaban J connectivity index is 0.00000182. The topological polar surface area (TPSA) is 78.7 Å². The number of amides is 2. The molecule has 3 N–H and O–H groups in total. The molecule has 3 aliphatic rings. The highest BCUT2D eigenvalue weighted by atomic mass is 35.5. The number of nitrogens with two attached hydrogens (primary N) is 1. The number of halogens is 2. The van der Waals surface area contributed by atoms with Gasteiger partial charge in [0.2, 0.25) is 11.8 Å². The minimum atomic E-state index is -0.190. The van der Waals surface area contributed by atoms with Crippen LogP contribution in [0.4, 0.5) is 0 Å². The molecule has 0 aromatic heterocycles. The molecule has 8 heteroatoms. The molecule has 27 heavy (non-hydrogen) atoms. The normalized spacial score (nSPS) is 31.3. The zero-order chi connectivity index (χ0) is 17.8. The molecule has 3 fully saturated rings. The van der Waals surface area contributed by atoms with Gasteiger partial charge >= 0.3 is 0 Å². The number of likely N-dealkylation sites (tertiary alicyclic amines) is 2. The quantitative estimate of drug-likeness (QED) is 0.683. The number of hydrogen-bond donors (Lipinski definition) is 2. The van der Waals surface area contributed by atoms with Gasteiger partial charge in [0, 0.05) is 31.6 Å². The molecule has 0 spiro atoms. The maximum Gasteiger partial charge on any atom is 0.225 e. The molecule has 158 valence electrons. The van der Waals surface area contributed by atoms with Crippen LogP contribution in [0.3, 0.4) is 0 Å². The summed E-state index contributed by atoms with van der Waals surface area (Å²) in [7, 11) is 0. The number of carbonyl (C=O) groups is 2. The van der Waals surface area contributed by atoms with Crippen LogP contribution in [-0.2, 0) is 9.59 Å². The summed E-state index contributed by atoms with van der Waals surface area (Å²) in [5.41, 5.74) is 5.87. The Morgan fingerprint density at radius 3 is 2.63 bits per heavy atom. The summed E-state index contributed by atoms with van der Waals surface area (Å²) in [6.07, 6.45) is 7.23. The van der Waals surface area contributed by atoms with Crippen LogP contribution in [0.2, 0.25) is 0 Å². The van der Waals surface area contributed by atoms with Gasteiger partial charge in [-0.15, -0.1) is 24.8 Å². The van der Waals surface area contributed by atoms with Crippen molar-refractivity contribution in [1.29, 1.82) is 0 Å². The minimum absolute atomic E-state index is 0. The predicted molar refractivity (Wildman–Crippen MR) is 112 cm³/mol.